The van der Waals surface area contributed by atoms with E-state index in [-0.39, 0.29) is 22.9 Å². The number of amides is 1. The molecule has 3 aromatic rings. The van der Waals surface area contributed by atoms with Gasteiger partial charge in [-0.2, -0.15) is 0 Å². The number of aromatic nitrogens is 3. The van der Waals surface area contributed by atoms with Gasteiger partial charge in [-0.1, -0.05) is 12.2 Å². The molecule has 1 aromatic carbocycles. The van der Waals surface area contributed by atoms with Crippen molar-refractivity contribution in [2.75, 3.05) is 14.2 Å². The topological polar surface area (TPSA) is 107 Å². The first kappa shape index (κ1) is 19.8. The number of imidazole rings is 1. The monoisotopic (exact) mass is 426 g/mol. The fraction of sp³-hybridized carbons (Fsp3) is 0.250. The Morgan fingerprint density at radius 1 is 1.17 bits per heavy atom. The van der Waals surface area contributed by atoms with E-state index in [0.29, 0.717) is 46.2 Å². The van der Waals surface area contributed by atoms with Gasteiger partial charge in [-0.15, -0.1) is 5.06 Å². The predicted molar refractivity (Wildman–Crippen MR) is 111 cm³/mol. The summed E-state index contributed by atoms with van der Waals surface area (Å²) in [5, 5.41) is 0.872. The molecule has 0 unspecified atom stereocenters. The van der Waals surface area contributed by atoms with Crippen molar-refractivity contribution < 1.29 is 23.9 Å². The number of methoxy groups -OCH3 is 2. The third-order valence-electron chi connectivity index (χ3n) is 4.66. The Balaban J connectivity index is 1.81. The standard InChI is InChI=1S/C20H18N4O5S/c1-10-21-18-13(20(26)29-24-16(25)6-7-17(24)30)9-14(23-19(18)22-10)12-5-4-11(27-2)8-15(12)28-3/h4-5,8-9H,6-7H2,1-3H3,(H,21,22,23). The number of fused-ring (bicyclic) bond motifs is 1. The Morgan fingerprint density at radius 2 is 1.97 bits per heavy atom. The van der Waals surface area contributed by atoms with Crippen LogP contribution in [0.15, 0.2) is 24.3 Å². The zero-order valence-corrected chi connectivity index (χ0v) is 17.3. The number of H-pyrrole nitrogens is 1. The maximum atomic E-state index is 12.9. The van der Waals surface area contributed by atoms with Gasteiger partial charge in [-0.3, -0.25) is 4.79 Å². The van der Waals surface area contributed by atoms with Crippen LogP contribution in [0.5, 0.6) is 11.5 Å². The Hall–Kier alpha value is -3.53. The summed E-state index contributed by atoms with van der Waals surface area (Å²) in [6.07, 6.45) is 0.594. The molecule has 1 aliphatic rings. The highest BCUT2D eigenvalue weighted by molar-refractivity contribution is 7.80. The van der Waals surface area contributed by atoms with E-state index in [0.717, 1.165) is 5.06 Å². The van der Waals surface area contributed by atoms with Crippen LogP contribution in [0.1, 0.15) is 29.0 Å². The van der Waals surface area contributed by atoms with E-state index in [2.05, 4.69) is 15.0 Å². The normalized spacial score (nSPS) is 13.8. The Bertz CT molecular complexity index is 1170. The quantitative estimate of drug-likeness (QED) is 0.621. The van der Waals surface area contributed by atoms with Gasteiger partial charge in [0.05, 0.1) is 25.5 Å². The van der Waals surface area contributed by atoms with Crippen molar-refractivity contribution in [2.45, 2.75) is 19.8 Å². The van der Waals surface area contributed by atoms with Crippen molar-refractivity contribution in [1.82, 2.24) is 20.0 Å². The summed E-state index contributed by atoms with van der Waals surface area (Å²) in [6, 6.07) is 6.82. The molecular formula is C20H18N4O5S. The zero-order valence-electron chi connectivity index (χ0n) is 16.5. The number of carbonyl (C=O) groups excluding carboxylic acids is 2. The number of hydroxylamine groups is 2. The molecule has 0 atom stereocenters. The summed E-state index contributed by atoms with van der Waals surface area (Å²) in [6.45, 7) is 1.75. The van der Waals surface area contributed by atoms with Crippen LogP contribution in [-0.4, -0.2) is 51.1 Å². The smallest absolute Gasteiger partial charge is 0.366 e. The Labute approximate surface area is 176 Å². The highest BCUT2D eigenvalue weighted by Gasteiger charge is 2.31. The van der Waals surface area contributed by atoms with Crippen molar-refractivity contribution in [3.05, 3.63) is 35.7 Å². The second kappa shape index (κ2) is 7.71. The summed E-state index contributed by atoms with van der Waals surface area (Å²) < 4.78 is 10.7. The zero-order chi connectivity index (χ0) is 21.4. The van der Waals surface area contributed by atoms with Crippen molar-refractivity contribution in [3.63, 3.8) is 0 Å². The first-order valence-electron chi connectivity index (χ1n) is 9.09. The van der Waals surface area contributed by atoms with Gasteiger partial charge in [0.2, 0.25) is 0 Å². The van der Waals surface area contributed by atoms with Crippen molar-refractivity contribution in [1.29, 1.82) is 0 Å². The van der Waals surface area contributed by atoms with Crippen LogP contribution < -0.4 is 9.47 Å². The van der Waals surface area contributed by atoms with Crippen molar-refractivity contribution in [3.8, 4) is 22.8 Å². The molecule has 10 heteroatoms. The molecule has 0 saturated carbocycles. The van der Waals surface area contributed by atoms with Gasteiger partial charge in [-0.05, 0) is 25.1 Å². The highest BCUT2D eigenvalue weighted by Crippen LogP contribution is 2.34. The number of nitrogens with one attached hydrogen (secondary N) is 1. The molecule has 3 heterocycles. The van der Waals surface area contributed by atoms with Crippen LogP contribution in [0.25, 0.3) is 22.4 Å². The lowest BCUT2D eigenvalue weighted by Gasteiger charge is -2.15. The summed E-state index contributed by atoms with van der Waals surface area (Å²) in [5.41, 5.74) is 2.01. The minimum absolute atomic E-state index is 0.153. The number of hydrogen-bond donors (Lipinski definition) is 1. The number of benzene rings is 1. The van der Waals surface area contributed by atoms with Gasteiger partial charge in [0.1, 0.15) is 27.8 Å². The number of hydrogen-bond acceptors (Lipinski definition) is 8. The van der Waals surface area contributed by atoms with Crippen molar-refractivity contribution in [2.24, 2.45) is 0 Å². The average molecular weight is 426 g/mol. The molecule has 0 radical (unpaired) electrons. The summed E-state index contributed by atoms with van der Waals surface area (Å²) in [5.74, 6) is 0.620. The number of rotatable bonds is 5. The highest BCUT2D eigenvalue weighted by atomic mass is 32.1. The summed E-state index contributed by atoms with van der Waals surface area (Å²) in [4.78, 5) is 42.4. The van der Waals surface area contributed by atoms with Crippen LogP contribution >= 0.6 is 12.2 Å². The SMILES string of the molecule is COc1ccc(-c2cc(C(=O)ON3C(=O)CCC3=S)c3nc(C)[nH]c3n2)c(OC)c1. The molecule has 0 bridgehead atoms. The minimum atomic E-state index is -0.750. The summed E-state index contributed by atoms with van der Waals surface area (Å²) >= 11 is 5.11. The number of nitrogens with zero attached hydrogens (tertiary/aromatic N) is 3. The maximum Gasteiger partial charge on any atom is 0.366 e. The van der Waals surface area contributed by atoms with Crippen LogP contribution in [-0.2, 0) is 9.63 Å². The van der Waals surface area contributed by atoms with Crippen LogP contribution in [0.3, 0.4) is 0 Å². The third kappa shape index (κ3) is 3.45. The molecule has 2 aromatic heterocycles. The van der Waals surface area contributed by atoms with E-state index in [1.54, 1.807) is 38.3 Å². The first-order valence-corrected chi connectivity index (χ1v) is 9.50. The van der Waals surface area contributed by atoms with Gasteiger partial charge < -0.3 is 19.3 Å². The number of aromatic amines is 1. The number of thiocarbonyl (C=S) groups is 1. The average Bonchev–Trinajstić information content (AvgIpc) is 3.28. The van der Waals surface area contributed by atoms with Gasteiger partial charge in [-0.25, -0.2) is 14.8 Å². The van der Waals surface area contributed by atoms with Crippen LogP contribution in [0.4, 0.5) is 0 Å². The van der Waals surface area contributed by atoms with Crippen LogP contribution in [0, 0.1) is 6.92 Å². The number of ether oxygens (including phenoxy) is 2. The number of carbonyl (C=O) groups is 2. The first-order chi connectivity index (χ1) is 14.4. The lowest BCUT2D eigenvalue weighted by Crippen LogP contribution is -2.31. The Morgan fingerprint density at radius 3 is 2.63 bits per heavy atom. The molecule has 1 saturated heterocycles. The summed E-state index contributed by atoms with van der Waals surface area (Å²) in [7, 11) is 3.09. The molecule has 1 N–H and O–H groups in total. The number of pyridine rings is 1. The molecule has 1 amide bonds. The molecule has 9 nitrogen and oxygen atoms in total. The van der Waals surface area contributed by atoms with E-state index in [9.17, 15) is 9.59 Å². The molecule has 0 spiro atoms. The van der Waals surface area contributed by atoms with E-state index < -0.39 is 5.97 Å². The second-order valence-electron chi connectivity index (χ2n) is 6.60. The fourth-order valence-electron chi connectivity index (χ4n) is 3.20. The molecule has 154 valence electrons. The molecule has 1 fully saturated rings. The Kier molecular flexibility index (Phi) is 5.08. The van der Waals surface area contributed by atoms with Gasteiger partial charge >= 0.3 is 5.97 Å². The van der Waals surface area contributed by atoms with E-state index in [1.807, 2.05) is 0 Å². The minimum Gasteiger partial charge on any atom is -0.497 e. The van der Waals surface area contributed by atoms with E-state index >= 15 is 0 Å². The van der Waals surface area contributed by atoms with Crippen molar-refractivity contribution >= 4 is 40.2 Å². The van der Waals surface area contributed by atoms with Gasteiger partial charge in [0, 0.05) is 24.5 Å². The van der Waals surface area contributed by atoms with E-state index in [1.165, 1.54) is 7.11 Å². The number of aryl methyl sites for hydroxylation is 1. The van der Waals surface area contributed by atoms with E-state index in [4.69, 9.17) is 26.5 Å². The largest absolute Gasteiger partial charge is 0.497 e. The maximum absolute atomic E-state index is 12.9. The van der Waals surface area contributed by atoms with Gasteiger partial charge in [0.25, 0.3) is 5.91 Å². The molecule has 0 aliphatic carbocycles. The molecular weight excluding hydrogens is 408 g/mol. The predicted octanol–water partition coefficient (Wildman–Crippen LogP) is 2.97. The molecule has 4 rings (SSSR count). The fourth-order valence-corrected chi connectivity index (χ4v) is 3.44. The second-order valence-corrected chi connectivity index (χ2v) is 7.07. The van der Waals surface area contributed by atoms with Gasteiger partial charge in [0.15, 0.2) is 5.65 Å². The lowest BCUT2D eigenvalue weighted by molar-refractivity contribution is -0.147. The lowest BCUT2D eigenvalue weighted by atomic mass is 10.1. The molecule has 30 heavy (non-hydrogen) atoms. The molecule has 1 aliphatic heterocycles. The van der Waals surface area contributed by atoms with Crippen LogP contribution in [0.2, 0.25) is 0 Å². The third-order valence-corrected chi connectivity index (χ3v) is 5.03.